The number of carbonyl (C=O) groups excluding carboxylic acids is 1. The van der Waals surface area contributed by atoms with Gasteiger partial charge in [0.2, 0.25) is 5.91 Å². The van der Waals surface area contributed by atoms with Crippen molar-refractivity contribution in [3.8, 4) is 0 Å². The lowest BCUT2D eigenvalue weighted by Gasteiger charge is -2.39. The molecule has 0 spiro atoms. The van der Waals surface area contributed by atoms with Gasteiger partial charge in [-0.1, -0.05) is 72.3 Å². The van der Waals surface area contributed by atoms with Gasteiger partial charge in [-0.3, -0.25) is 9.69 Å². The van der Waals surface area contributed by atoms with Gasteiger partial charge in [0.1, 0.15) is 0 Å². The standard InChI is InChI=1S/C27H24ClF3N2O/c28-24-13-12-23(27(29,30)31)19-22(24)11-14-25(34)32-15-17-33(18-16-32)26(20-7-3-1-4-8-20)21-9-5-2-6-10-21/h1-14,19,26H,15-18H2/b14-11+. The maximum Gasteiger partial charge on any atom is 0.416 e. The van der Waals surface area contributed by atoms with E-state index >= 15 is 0 Å². The molecule has 0 N–H and O–H groups in total. The summed E-state index contributed by atoms with van der Waals surface area (Å²) < 4.78 is 39.0. The van der Waals surface area contributed by atoms with Crippen LogP contribution in [0.4, 0.5) is 13.2 Å². The molecule has 3 nitrogen and oxygen atoms in total. The lowest BCUT2D eigenvalue weighted by atomic mass is 9.96. The molecule has 0 aliphatic carbocycles. The topological polar surface area (TPSA) is 23.6 Å². The van der Waals surface area contributed by atoms with E-state index in [2.05, 4.69) is 29.2 Å². The van der Waals surface area contributed by atoms with E-state index in [1.165, 1.54) is 29.3 Å². The Labute approximate surface area is 202 Å². The van der Waals surface area contributed by atoms with Crippen LogP contribution < -0.4 is 0 Å². The number of piperazine rings is 1. The van der Waals surface area contributed by atoms with Gasteiger partial charge in [-0.15, -0.1) is 0 Å². The van der Waals surface area contributed by atoms with Crippen molar-refractivity contribution in [1.82, 2.24) is 9.80 Å². The highest BCUT2D eigenvalue weighted by Gasteiger charge is 2.31. The van der Waals surface area contributed by atoms with E-state index < -0.39 is 11.7 Å². The van der Waals surface area contributed by atoms with Crippen LogP contribution in [0.15, 0.2) is 84.9 Å². The van der Waals surface area contributed by atoms with Crippen LogP contribution in [0.3, 0.4) is 0 Å². The van der Waals surface area contributed by atoms with Crippen LogP contribution in [0, 0.1) is 0 Å². The number of rotatable bonds is 5. The van der Waals surface area contributed by atoms with Gasteiger partial charge in [0.25, 0.3) is 0 Å². The van der Waals surface area contributed by atoms with Crippen LogP contribution in [-0.2, 0) is 11.0 Å². The van der Waals surface area contributed by atoms with Crippen molar-refractivity contribution in [2.45, 2.75) is 12.2 Å². The molecule has 1 amide bonds. The predicted octanol–water partition coefficient (Wildman–Crippen LogP) is 6.31. The minimum Gasteiger partial charge on any atom is -0.337 e. The zero-order valence-corrected chi connectivity index (χ0v) is 19.1. The largest absolute Gasteiger partial charge is 0.416 e. The van der Waals surface area contributed by atoms with E-state index in [0.29, 0.717) is 26.2 Å². The Morgan fingerprint density at radius 1 is 0.853 bits per heavy atom. The van der Waals surface area contributed by atoms with Gasteiger partial charge in [0.15, 0.2) is 0 Å². The van der Waals surface area contributed by atoms with Crippen LogP contribution in [0.1, 0.15) is 28.3 Å². The molecule has 0 unspecified atom stereocenters. The molecule has 176 valence electrons. The van der Waals surface area contributed by atoms with Crippen molar-refractivity contribution >= 4 is 23.6 Å². The van der Waals surface area contributed by atoms with Gasteiger partial charge < -0.3 is 4.90 Å². The molecule has 1 heterocycles. The Hall–Kier alpha value is -3.09. The molecule has 0 saturated carbocycles. The molecule has 4 rings (SSSR count). The highest BCUT2D eigenvalue weighted by molar-refractivity contribution is 6.32. The van der Waals surface area contributed by atoms with E-state index in [-0.39, 0.29) is 22.5 Å². The number of alkyl halides is 3. The van der Waals surface area contributed by atoms with Crippen molar-refractivity contribution < 1.29 is 18.0 Å². The third-order valence-corrected chi connectivity index (χ3v) is 6.29. The molecule has 1 aliphatic rings. The summed E-state index contributed by atoms with van der Waals surface area (Å²) in [6.07, 6.45) is -1.83. The molecular weight excluding hydrogens is 461 g/mol. The Morgan fingerprint density at radius 3 is 1.94 bits per heavy atom. The maximum atomic E-state index is 13.0. The molecule has 0 atom stereocenters. The smallest absolute Gasteiger partial charge is 0.337 e. The summed E-state index contributed by atoms with van der Waals surface area (Å²) in [7, 11) is 0. The van der Waals surface area contributed by atoms with Crippen molar-refractivity contribution in [3.05, 3.63) is 112 Å². The van der Waals surface area contributed by atoms with E-state index in [1.54, 1.807) is 4.90 Å². The average Bonchev–Trinajstić information content (AvgIpc) is 2.84. The highest BCUT2D eigenvalue weighted by Crippen LogP contribution is 2.32. The van der Waals surface area contributed by atoms with E-state index in [0.717, 1.165) is 12.1 Å². The van der Waals surface area contributed by atoms with Crippen molar-refractivity contribution in [3.63, 3.8) is 0 Å². The SMILES string of the molecule is O=C(/C=C/c1cc(C(F)(F)F)ccc1Cl)N1CCN(C(c2ccccc2)c2ccccc2)CC1. The van der Waals surface area contributed by atoms with Crippen LogP contribution in [-0.4, -0.2) is 41.9 Å². The number of carbonyl (C=O) groups is 1. The number of hydrogen-bond donors (Lipinski definition) is 0. The molecule has 0 bridgehead atoms. The zero-order valence-electron chi connectivity index (χ0n) is 18.4. The molecule has 1 saturated heterocycles. The van der Waals surface area contributed by atoms with Gasteiger partial charge >= 0.3 is 6.18 Å². The fourth-order valence-electron chi connectivity index (χ4n) is 4.20. The average molecular weight is 485 g/mol. The molecule has 34 heavy (non-hydrogen) atoms. The van der Waals surface area contributed by atoms with Crippen LogP contribution in [0.5, 0.6) is 0 Å². The monoisotopic (exact) mass is 484 g/mol. The van der Waals surface area contributed by atoms with Gasteiger partial charge in [-0.25, -0.2) is 0 Å². The number of benzene rings is 3. The minimum absolute atomic E-state index is 0.0825. The first-order valence-electron chi connectivity index (χ1n) is 11.0. The van der Waals surface area contributed by atoms with Gasteiger partial charge in [0, 0.05) is 37.3 Å². The molecule has 3 aromatic rings. The number of hydrogen-bond acceptors (Lipinski definition) is 2. The summed E-state index contributed by atoms with van der Waals surface area (Å²) >= 11 is 6.04. The zero-order chi connectivity index (χ0) is 24.1. The maximum absolute atomic E-state index is 13.0. The molecule has 1 aliphatic heterocycles. The van der Waals surface area contributed by atoms with Gasteiger partial charge in [0.05, 0.1) is 11.6 Å². The Morgan fingerprint density at radius 2 is 1.41 bits per heavy atom. The summed E-state index contributed by atoms with van der Waals surface area (Å²) in [5, 5.41) is 0.162. The molecule has 0 aromatic heterocycles. The molecule has 1 fully saturated rings. The molecule has 3 aromatic carbocycles. The third kappa shape index (κ3) is 5.69. The third-order valence-electron chi connectivity index (χ3n) is 5.95. The summed E-state index contributed by atoms with van der Waals surface area (Å²) in [6.45, 7) is 2.40. The van der Waals surface area contributed by atoms with Crippen molar-refractivity contribution in [2.24, 2.45) is 0 Å². The normalized spacial score (nSPS) is 15.3. The number of halogens is 4. The molecular formula is C27H24ClF3N2O. The quantitative estimate of drug-likeness (QED) is 0.396. The number of amides is 1. The molecule has 7 heteroatoms. The van der Waals surface area contributed by atoms with Crippen molar-refractivity contribution in [1.29, 1.82) is 0 Å². The fourth-order valence-corrected chi connectivity index (χ4v) is 4.38. The first kappa shape index (κ1) is 24.0. The summed E-state index contributed by atoms with van der Waals surface area (Å²) in [4.78, 5) is 16.8. The fraction of sp³-hybridized carbons (Fsp3) is 0.222. The van der Waals surface area contributed by atoms with Crippen LogP contribution >= 0.6 is 11.6 Å². The first-order valence-corrected chi connectivity index (χ1v) is 11.4. The van der Waals surface area contributed by atoms with Crippen LogP contribution in [0.25, 0.3) is 6.08 Å². The van der Waals surface area contributed by atoms with E-state index in [9.17, 15) is 18.0 Å². The minimum atomic E-state index is -4.47. The Balaban J connectivity index is 1.44. The second kappa shape index (κ2) is 10.5. The Kier molecular flexibility index (Phi) is 7.39. The van der Waals surface area contributed by atoms with Crippen molar-refractivity contribution in [2.75, 3.05) is 26.2 Å². The van der Waals surface area contributed by atoms with Crippen LogP contribution in [0.2, 0.25) is 5.02 Å². The Bertz CT molecular complexity index is 1100. The summed E-state index contributed by atoms with van der Waals surface area (Å²) in [5.41, 5.74) is 1.74. The number of nitrogens with zero attached hydrogens (tertiary/aromatic N) is 2. The highest BCUT2D eigenvalue weighted by atomic mass is 35.5. The van der Waals surface area contributed by atoms with Gasteiger partial charge in [-0.05, 0) is 41.0 Å². The second-order valence-electron chi connectivity index (χ2n) is 8.15. The van der Waals surface area contributed by atoms with E-state index in [1.807, 2.05) is 36.4 Å². The second-order valence-corrected chi connectivity index (χ2v) is 8.56. The van der Waals surface area contributed by atoms with E-state index in [4.69, 9.17) is 11.6 Å². The summed E-state index contributed by atoms with van der Waals surface area (Å²) in [5.74, 6) is -0.246. The lowest BCUT2D eigenvalue weighted by Crippen LogP contribution is -2.49. The lowest BCUT2D eigenvalue weighted by molar-refractivity contribution is -0.137. The first-order chi connectivity index (χ1) is 16.3. The van der Waals surface area contributed by atoms with Gasteiger partial charge in [-0.2, -0.15) is 13.2 Å². The predicted molar refractivity (Wildman–Crippen MR) is 128 cm³/mol. The molecule has 0 radical (unpaired) electrons. The summed E-state index contributed by atoms with van der Waals surface area (Å²) in [6, 6.07) is 23.7.